The van der Waals surface area contributed by atoms with Crippen molar-refractivity contribution in [3.63, 3.8) is 0 Å². The van der Waals surface area contributed by atoms with Gasteiger partial charge >= 0.3 is 0 Å². The maximum Gasteiger partial charge on any atom is 0.164 e. The first-order chi connectivity index (χ1) is 28.2. The number of rotatable bonds is 6. The van der Waals surface area contributed by atoms with Crippen LogP contribution in [0.3, 0.4) is 0 Å². The second-order valence-electron chi connectivity index (χ2n) is 14.4. The van der Waals surface area contributed by atoms with Crippen LogP contribution in [0.1, 0.15) is 0 Å². The van der Waals surface area contributed by atoms with Gasteiger partial charge in [-0.1, -0.05) is 182 Å². The molecule has 2 aromatic heterocycles. The number of benzene rings is 9. The first kappa shape index (κ1) is 32.7. The van der Waals surface area contributed by atoms with Crippen molar-refractivity contribution in [1.29, 1.82) is 0 Å². The standard InChI is InChI=1S/C53H33N3O/c1-3-14-36(15-4-1)51-54-52(37-16-5-2-6-17-37)56-53(55-51)38-28-25-35(26-29-38)40-19-11-20-41(31-40)43-23-12-24-46-48-33-47(42-30-27-34-13-7-8-18-39(34)32-42)44-21-9-10-22-45(44)50(48)57-49(43)46/h1-33H. The summed E-state index contributed by atoms with van der Waals surface area (Å²) in [6.45, 7) is 0. The SMILES string of the molecule is c1ccc(-c2nc(-c3ccccc3)nc(-c3ccc(-c4cccc(-c5cccc6c5oc5c7ccccc7c(-c7ccc8ccccc8c7)cc65)c4)cc3)n2)cc1. The number of hydrogen-bond donors (Lipinski definition) is 0. The van der Waals surface area contributed by atoms with E-state index in [1.54, 1.807) is 0 Å². The third-order valence-electron chi connectivity index (χ3n) is 10.9. The average molecular weight is 728 g/mol. The Morgan fingerprint density at radius 2 is 0.754 bits per heavy atom. The quantitative estimate of drug-likeness (QED) is 0.171. The van der Waals surface area contributed by atoms with Crippen LogP contribution in [0.15, 0.2) is 205 Å². The molecule has 0 unspecified atom stereocenters. The van der Waals surface area contributed by atoms with Crippen molar-refractivity contribution in [2.75, 3.05) is 0 Å². The van der Waals surface area contributed by atoms with Gasteiger partial charge in [0.25, 0.3) is 0 Å². The first-order valence-electron chi connectivity index (χ1n) is 19.2. The van der Waals surface area contributed by atoms with Gasteiger partial charge in [-0.25, -0.2) is 15.0 Å². The van der Waals surface area contributed by atoms with Crippen LogP contribution in [0.2, 0.25) is 0 Å². The van der Waals surface area contributed by atoms with Gasteiger partial charge < -0.3 is 4.42 Å². The van der Waals surface area contributed by atoms with Crippen molar-refractivity contribution < 1.29 is 4.42 Å². The zero-order valence-corrected chi connectivity index (χ0v) is 30.8. The van der Waals surface area contributed by atoms with E-state index in [2.05, 4.69) is 140 Å². The fraction of sp³-hybridized carbons (Fsp3) is 0. The molecule has 0 aliphatic rings. The molecule has 266 valence electrons. The normalized spacial score (nSPS) is 11.5. The fourth-order valence-corrected chi connectivity index (χ4v) is 8.06. The summed E-state index contributed by atoms with van der Waals surface area (Å²) in [6, 6.07) is 70.0. The number of aromatic nitrogens is 3. The van der Waals surface area contributed by atoms with E-state index in [9.17, 15) is 0 Å². The zero-order valence-electron chi connectivity index (χ0n) is 30.8. The lowest BCUT2D eigenvalue weighted by Gasteiger charge is -2.10. The molecule has 0 N–H and O–H groups in total. The molecule has 0 fully saturated rings. The van der Waals surface area contributed by atoms with Crippen molar-refractivity contribution in [3.8, 4) is 67.5 Å². The van der Waals surface area contributed by atoms with E-state index in [0.717, 1.165) is 66.3 Å². The maximum atomic E-state index is 6.89. The van der Waals surface area contributed by atoms with Crippen LogP contribution >= 0.6 is 0 Å². The average Bonchev–Trinajstić information content (AvgIpc) is 3.68. The predicted octanol–water partition coefficient (Wildman–Crippen LogP) is 14.1. The van der Waals surface area contributed by atoms with E-state index >= 15 is 0 Å². The highest BCUT2D eigenvalue weighted by Gasteiger charge is 2.18. The number of hydrogen-bond acceptors (Lipinski definition) is 4. The molecule has 2 heterocycles. The Morgan fingerprint density at radius 1 is 0.263 bits per heavy atom. The molecule has 11 rings (SSSR count). The molecule has 9 aromatic carbocycles. The lowest BCUT2D eigenvalue weighted by Crippen LogP contribution is -2.00. The third kappa shape index (κ3) is 5.83. The van der Waals surface area contributed by atoms with Gasteiger partial charge in [0.2, 0.25) is 0 Å². The Kier molecular flexibility index (Phi) is 7.78. The summed E-state index contributed by atoms with van der Waals surface area (Å²) in [7, 11) is 0. The minimum Gasteiger partial charge on any atom is -0.455 e. The van der Waals surface area contributed by atoms with Crippen LogP contribution in [-0.2, 0) is 0 Å². The molecule has 0 saturated carbocycles. The van der Waals surface area contributed by atoms with Crippen LogP contribution in [0, 0.1) is 0 Å². The van der Waals surface area contributed by atoms with Crippen molar-refractivity contribution in [3.05, 3.63) is 200 Å². The highest BCUT2D eigenvalue weighted by Crippen LogP contribution is 2.43. The van der Waals surface area contributed by atoms with Crippen molar-refractivity contribution in [2.45, 2.75) is 0 Å². The summed E-state index contributed by atoms with van der Waals surface area (Å²) in [5.41, 5.74) is 11.4. The molecule has 0 radical (unpaired) electrons. The maximum absolute atomic E-state index is 6.89. The van der Waals surface area contributed by atoms with Crippen molar-refractivity contribution >= 4 is 43.5 Å². The van der Waals surface area contributed by atoms with Gasteiger partial charge in [0, 0.05) is 38.4 Å². The van der Waals surface area contributed by atoms with Crippen LogP contribution < -0.4 is 0 Å². The van der Waals surface area contributed by atoms with E-state index in [-0.39, 0.29) is 0 Å². The van der Waals surface area contributed by atoms with Crippen LogP contribution in [-0.4, -0.2) is 15.0 Å². The molecular weight excluding hydrogens is 695 g/mol. The first-order valence-corrected chi connectivity index (χ1v) is 19.2. The van der Waals surface area contributed by atoms with Gasteiger partial charge in [0.05, 0.1) is 0 Å². The molecule has 4 nitrogen and oxygen atoms in total. The molecular formula is C53H33N3O. The smallest absolute Gasteiger partial charge is 0.164 e. The van der Waals surface area contributed by atoms with Crippen LogP contribution in [0.4, 0.5) is 0 Å². The van der Waals surface area contributed by atoms with Gasteiger partial charge in [0.15, 0.2) is 17.5 Å². The predicted molar refractivity (Wildman–Crippen MR) is 235 cm³/mol. The Hall–Kier alpha value is -7.69. The molecule has 0 aliphatic heterocycles. The molecule has 11 aromatic rings. The monoisotopic (exact) mass is 727 g/mol. The molecule has 0 aliphatic carbocycles. The second-order valence-corrected chi connectivity index (χ2v) is 14.4. The van der Waals surface area contributed by atoms with E-state index in [4.69, 9.17) is 19.4 Å². The van der Waals surface area contributed by atoms with Crippen LogP contribution in [0.25, 0.3) is 111 Å². The number of nitrogens with zero attached hydrogens (tertiary/aromatic N) is 3. The Morgan fingerprint density at radius 3 is 1.47 bits per heavy atom. The Balaban J connectivity index is 0.981. The molecule has 0 amide bonds. The highest BCUT2D eigenvalue weighted by molar-refractivity contribution is 6.21. The number of para-hydroxylation sites is 1. The van der Waals surface area contributed by atoms with Gasteiger partial charge in [-0.2, -0.15) is 0 Å². The molecule has 4 heteroatoms. The van der Waals surface area contributed by atoms with E-state index in [1.807, 2.05) is 60.7 Å². The molecule has 0 bridgehead atoms. The molecule has 0 spiro atoms. The molecule has 57 heavy (non-hydrogen) atoms. The summed E-state index contributed by atoms with van der Waals surface area (Å²) in [5, 5.41) is 6.97. The van der Waals surface area contributed by atoms with E-state index in [1.165, 1.54) is 27.3 Å². The largest absolute Gasteiger partial charge is 0.455 e. The Labute approximate surface area is 329 Å². The minimum atomic E-state index is 0.635. The second kappa shape index (κ2) is 13.6. The lowest BCUT2D eigenvalue weighted by atomic mass is 9.93. The third-order valence-corrected chi connectivity index (χ3v) is 10.9. The topological polar surface area (TPSA) is 51.8 Å². The Bertz CT molecular complexity index is 3220. The van der Waals surface area contributed by atoms with Crippen molar-refractivity contribution in [2.24, 2.45) is 0 Å². The summed E-state index contributed by atoms with van der Waals surface area (Å²) >= 11 is 0. The number of furan rings is 1. The van der Waals surface area contributed by atoms with Crippen LogP contribution in [0.5, 0.6) is 0 Å². The highest BCUT2D eigenvalue weighted by atomic mass is 16.3. The van der Waals surface area contributed by atoms with Gasteiger partial charge in [-0.15, -0.1) is 0 Å². The summed E-state index contributed by atoms with van der Waals surface area (Å²) in [4.78, 5) is 14.7. The van der Waals surface area contributed by atoms with Gasteiger partial charge in [-0.3, -0.25) is 0 Å². The summed E-state index contributed by atoms with van der Waals surface area (Å²) < 4.78 is 6.89. The molecule has 0 saturated heterocycles. The minimum absolute atomic E-state index is 0.635. The lowest BCUT2D eigenvalue weighted by molar-refractivity contribution is 0.674. The summed E-state index contributed by atoms with van der Waals surface area (Å²) in [5.74, 6) is 1.93. The van der Waals surface area contributed by atoms with E-state index in [0.29, 0.717) is 17.5 Å². The van der Waals surface area contributed by atoms with E-state index < -0.39 is 0 Å². The fourth-order valence-electron chi connectivity index (χ4n) is 8.06. The van der Waals surface area contributed by atoms with Gasteiger partial charge in [-0.05, 0) is 62.2 Å². The zero-order chi connectivity index (χ0) is 37.7. The van der Waals surface area contributed by atoms with Crippen molar-refractivity contribution in [1.82, 2.24) is 15.0 Å². The van der Waals surface area contributed by atoms with Gasteiger partial charge in [0.1, 0.15) is 11.2 Å². The number of fused-ring (bicyclic) bond motifs is 6. The summed E-state index contributed by atoms with van der Waals surface area (Å²) in [6.07, 6.45) is 0. The molecule has 0 atom stereocenters.